The number of piperidine rings is 1. The van der Waals surface area contributed by atoms with Crippen LogP contribution in [0.2, 0.25) is 0 Å². The Morgan fingerprint density at radius 1 is 1.32 bits per heavy atom. The monoisotopic (exact) mass is 303 g/mol. The maximum Gasteiger partial charge on any atom is 0.256 e. The Bertz CT molecular complexity index is 509. The highest BCUT2D eigenvalue weighted by atomic mass is 16.2. The van der Waals surface area contributed by atoms with Gasteiger partial charge in [-0.05, 0) is 25.0 Å². The molecule has 0 aliphatic carbocycles. The molecule has 6 nitrogen and oxygen atoms in total. The van der Waals surface area contributed by atoms with Gasteiger partial charge in [-0.3, -0.25) is 4.79 Å². The summed E-state index contributed by atoms with van der Waals surface area (Å²) < 4.78 is 0. The van der Waals surface area contributed by atoms with Gasteiger partial charge in [0, 0.05) is 32.6 Å². The molecule has 120 valence electrons. The Morgan fingerprint density at radius 3 is 2.55 bits per heavy atom. The van der Waals surface area contributed by atoms with Crippen LogP contribution in [0.4, 0.5) is 5.69 Å². The molecule has 1 aliphatic rings. The molecule has 1 saturated heterocycles. The van der Waals surface area contributed by atoms with E-state index in [0.29, 0.717) is 17.8 Å². The van der Waals surface area contributed by atoms with E-state index in [-0.39, 0.29) is 11.9 Å². The van der Waals surface area contributed by atoms with E-state index in [4.69, 9.17) is 5.73 Å². The van der Waals surface area contributed by atoms with Crippen LogP contribution in [0.1, 0.15) is 37.0 Å². The Hall–Kier alpha value is -2.21. The fraction of sp³-hybridized carbons (Fsp3) is 0.438. The van der Waals surface area contributed by atoms with E-state index in [1.165, 1.54) is 5.12 Å². The molecule has 0 bridgehead atoms. The lowest BCUT2D eigenvalue weighted by atomic mass is 10.0. The number of likely N-dealkylation sites (tertiary alicyclic amines) is 1. The maximum absolute atomic E-state index is 12.6. The third kappa shape index (κ3) is 4.14. The summed E-state index contributed by atoms with van der Waals surface area (Å²) in [6, 6.07) is 7.19. The van der Waals surface area contributed by atoms with Crippen molar-refractivity contribution in [1.29, 1.82) is 0 Å². The number of hydrazone groups is 2. The number of hydrogen-bond acceptors (Lipinski definition) is 5. The lowest BCUT2D eigenvalue weighted by Crippen LogP contribution is -2.45. The quantitative estimate of drug-likeness (QED) is 0.685. The minimum absolute atomic E-state index is 0.0472. The second kappa shape index (κ2) is 8.94. The van der Waals surface area contributed by atoms with Gasteiger partial charge in [-0.25, -0.2) is 0 Å². The van der Waals surface area contributed by atoms with Crippen molar-refractivity contribution in [2.24, 2.45) is 15.9 Å². The molecule has 0 saturated carbocycles. The molecule has 1 unspecified atom stereocenters. The highest BCUT2D eigenvalue weighted by Crippen LogP contribution is 2.23. The lowest BCUT2D eigenvalue weighted by Gasteiger charge is -2.31. The highest BCUT2D eigenvalue weighted by Gasteiger charge is 2.25. The van der Waals surface area contributed by atoms with Crippen LogP contribution >= 0.6 is 0 Å². The third-order valence-corrected chi connectivity index (χ3v) is 3.36. The van der Waals surface area contributed by atoms with E-state index in [1.54, 1.807) is 17.0 Å². The summed E-state index contributed by atoms with van der Waals surface area (Å²) in [4.78, 5) is 14.4. The van der Waals surface area contributed by atoms with E-state index in [2.05, 4.69) is 23.6 Å². The topological polar surface area (TPSA) is 74.3 Å². The van der Waals surface area contributed by atoms with Crippen molar-refractivity contribution in [2.75, 3.05) is 18.2 Å². The number of para-hydroxylation sites is 1. The van der Waals surface area contributed by atoms with E-state index in [0.717, 1.165) is 19.4 Å². The zero-order chi connectivity index (χ0) is 16.5. The van der Waals surface area contributed by atoms with Gasteiger partial charge in [-0.2, -0.15) is 15.3 Å². The maximum atomic E-state index is 12.6. The van der Waals surface area contributed by atoms with Gasteiger partial charge >= 0.3 is 0 Å². The third-order valence-electron chi connectivity index (χ3n) is 3.36. The van der Waals surface area contributed by atoms with Gasteiger partial charge in [-0.1, -0.05) is 26.0 Å². The molecule has 1 aromatic carbocycles. The molecule has 1 aromatic rings. The van der Waals surface area contributed by atoms with Crippen LogP contribution in [0.3, 0.4) is 0 Å². The molecular weight excluding hydrogens is 278 g/mol. The minimum atomic E-state index is -0.0620. The van der Waals surface area contributed by atoms with Gasteiger partial charge in [0.25, 0.3) is 5.91 Å². The van der Waals surface area contributed by atoms with Gasteiger partial charge in [-0.15, -0.1) is 0 Å². The Kier molecular flexibility index (Phi) is 7.25. The predicted molar refractivity (Wildman–Crippen MR) is 92.5 cm³/mol. The summed E-state index contributed by atoms with van der Waals surface area (Å²) in [5.41, 5.74) is 7.03. The average molecular weight is 303 g/mol. The molecule has 1 heterocycles. The summed E-state index contributed by atoms with van der Waals surface area (Å²) in [5, 5.41) is 8.72. The van der Waals surface area contributed by atoms with Gasteiger partial charge < -0.3 is 10.6 Å². The Labute approximate surface area is 132 Å². The molecule has 1 atom stereocenters. The lowest BCUT2D eigenvalue weighted by molar-refractivity contribution is 0.0709. The predicted octanol–water partition coefficient (Wildman–Crippen LogP) is 2.31. The first kappa shape index (κ1) is 17.8. The van der Waals surface area contributed by atoms with Crippen molar-refractivity contribution in [2.45, 2.75) is 32.7 Å². The summed E-state index contributed by atoms with van der Waals surface area (Å²) in [6.45, 7) is 12.2. The normalized spacial score (nSPS) is 17.0. The zero-order valence-electron chi connectivity index (χ0n) is 13.4. The van der Waals surface area contributed by atoms with Crippen LogP contribution in [0.25, 0.3) is 0 Å². The second-order valence-electron chi connectivity index (χ2n) is 4.74. The van der Waals surface area contributed by atoms with Crippen molar-refractivity contribution in [1.82, 2.24) is 4.90 Å². The van der Waals surface area contributed by atoms with Crippen LogP contribution in [0, 0.1) is 0 Å². The summed E-state index contributed by atoms with van der Waals surface area (Å²) in [6.07, 6.45) is 1.89. The molecule has 6 heteroatoms. The van der Waals surface area contributed by atoms with E-state index in [1.807, 2.05) is 26.0 Å². The number of carbonyl (C=O) groups is 1. The van der Waals surface area contributed by atoms with Crippen LogP contribution in [0.15, 0.2) is 34.5 Å². The smallest absolute Gasteiger partial charge is 0.256 e. The SMILES string of the molecule is C=NN(N=C)c1ccccc1C(=O)N1CCCC(N)C1.CC. The van der Waals surface area contributed by atoms with Gasteiger partial charge in [0.15, 0.2) is 0 Å². The molecule has 1 aliphatic heterocycles. The number of carbonyl (C=O) groups excluding carboxylic acids is 1. The van der Waals surface area contributed by atoms with Crippen molar-refractivity contribution < 1.29 is 4.79 Å². The molecule has 0 spiro atoms. The highest BCUT2D eigenvalue weighted by molar-refractivity contribution is 5.99. The zero-order valence-corrected chi connectivity index (χ0v) is 13.4. The van der Waals surface area contributed by atoms with Gasteiger partial charge in [0.1, 0.15) is 0 Å². The minimum Gasteiger partial charge on any atom is -0.337 e. The summed E-state index contributed by atoms with van der Waals surface area (Å²) >= 11 is 0. The average Bonchev–Trinajstić information content (AvgIpc) is 2.58. The second-order valence-corrected chi connectivity index (χ2v) is 4.74. The van der Waals surface area contributed by atoms with Crippen molar-refractivity contribution in [3.8, 4) is 0 Å². The van der Waals surface area contributed by atoms with Crippen LogP contribution in [0.5, 0.6) is 0 Å². The standard InChI is InChI=1S/C14H19N5O.C2H6/c1-16-19(17-2)13-8-4-3-7-12(13)14(20)18-9-5-6-11(15)10-18;1-2/h3-4,7-8,11H,1-2,5-6,9-10,15H2;1-2H3. The van der Waals surface area contributed by atoms with E-state index in [9.17, 15) is 4.79 Å². The molecule has 0 radical (unpaired) electrons. The summed E-state index contributed by atoms with van der Waals surface area (Å²) in [5.74, 6) is -0.0620. The number of nitrogens with two attached hydrogens (primary N) is 1. The van der Waals surface area contributed by atoms with Crippen LogP contribution in [-0.4, -0.2) is 43.4 Å². The van der Waals surface area contributed by atoms with Crippen LogP contribution < -0.4 is 10.9 Å². The molecule has 0 aromatic heterocycles. The van der Waals surface area contributed by atoms with Crippen LogP contribution in [-0.2, 0) is 0 Å². The number of hydrogen-bond donors (Lipinski definition) is 1. The number of anilines is 1. The number of amides is 1. The first-order valence-corrected chi connectivity index (χ1v) is 7.54. The molecule has 1 fully saturated rings. The molecule has 2 N–H and O–H groups in total. The van der Waals surface area contributed by atoms with Crippen molar-refractivity contribution >= 4 is 25.0 Å². The molecule has 1 amide bonds. The van der Waals surface area contributed by atoms with Crippen molar-refractivity contribution in [3.05, 3.63) is 29.8 Å². The largest absolute Gasteiger partial charge is 0.337 e. The Balaban J connectivity index is 0.00000116. The molecule has 2 rings (SSSR count). The molecule has 22 heavy (non-hydrogen) atoms. The number of benzene rings is 1. The fourth-order valence-corrected chi connectivity index (χ4v) is 2.39. The number of rotatable bonds is 4. The van der Waals surface area contributed by atoms with E-state index < -0.39 is 0 Å². The van der Waals surface area contributed by atoms with Crippen molar-refractivity contribution in [3.63, 3.8) is 0 Å². The summed E-state index contributed by atoms with van der Waals surface area (Å²) in [7, 11) is 0. The number of nitrogens with zero attached hydrogens (tertiary/aromatic N) is 4. The van der Waals surface area contributed by atoms with Gasteiger partial charge in [0.05, 0.1) is 11.3 Å². The Morgan fingerprint density at radius 2 is 1.95 bits per heavy atom. The molecular formula is C16H25N5O. The van der Waals surface area contributed by atoms with Gasteiger partial charge in [0.2, 0.25) is 0 Å². The first-order chi connectivity index (χ1) is 10.7. The van der Waals surface area contributed by atoms with E-state index >= 15 is 0 Å². The fourth-order valence-electron chi connectivity index (χ4n) is 2.39. The first-order valence-electron chi connectivity index (χ1n) is 7.54.